The summed E-state index contributed by atoms with van der Waals surface area (Å²) in [5.74, 6) is 0.511. The molecule has 0 heterocycles. The molecule has 8 nitrogen and oxygen atoms in total. The van der Waals surface area contributed by atoms with Gasteiger partial charge in [0.25, 0.3) is 0 Å². The standard InChI is InChI=1S/C31H32N2O6S/c1-22-29(32-40(3,36)37)13-8-14-30(22)33(20-24-9-5-4-6-10-24)21-25-15-17-26(18-16-25)39-28-12-7-11-27(19-28)38-23(2)31(34)35/h4-19,23,32H,20-21H2,1-3H3,(H,34,35). The second kappa shape index (κ2) is 12.6. The van der Waals surface area contributed by atoms with Crippen LogP contribution in [0, 0.1) is 6.92 Å². The number of rotatable bonds is 12. The smallest absolute Gasteiger partial charge is 0.344 e. The Bertz CT molecular complexity index is 1560. The van der Waals surface area contributed by atoms with Gasteiger partial charge in [-0.3, -0.25) is 4.72 Å². The zero-order valence-electron chi connectivity index (χ0n) is 22.6. The molecule has 0 aliphatic rings. The summed E-state index contributed by atoms with van der Waals surface area (Å²) in [5.41, 5.74) is 4.47. The van der Waals surface area contributed by atoms with Crippen molar-refractivity contribution in [3.05, 3.63) is 114 Å². The van der Waals surface area contributed by atoms with Gasteiger partial charge < -0.3 is 19.5 Å². The number of carboxylic acids is 1. The van der Waals surface area contributed by atoms with Crippen molar-refractivity contribution < 1.29 is 27.8 Å². The van der Waals surface area contributed by atoms with Gasteiger partial charge in [-0.2, -0.15) is 0 Å². The van der Waals surface area contributed by atoms with E-state index in [2.05, 4.69) is 21.8 Å². The minimum absolute atomic E-state index is 0.406. The van der Waals surface area contributed by atoms with Crippen LogP contribution in [0.25, 0.3) is 0 Å². The number of benzene rings is 4. The molecule has 9 heteroatoms. The van der Waals surface area contributed by atoms with Crippen LogP contribution in [-0.2, 0) is 27.9 Å². The van der Waals surface area contributed by atoms with Crippen molar-refractivity contribution in [1.82, 2.24) is 0 Å². The third-order valence-corrected chi connectivity index (χ3v) is 6.75. The second-order valence-corrected chi connectivity index (χ2v) is 11.2. The van der Waals surface area contributed by atoms with Gasteiger partial charge in [0.1, 0.15) is 17.2 Å². The topological polar surface area (TPSA) is 105 Å². The van der Waals surface area contributed by atoms with Crippen molar-refractivity contribution in [3.8, 4) is 17.2 Å². The van der Waals surface area contributed by atoms with E-state index in [1.165, 1.54) is 6.92 Å². The van der Waals surface area contributed by atoms with Crippen LogP contribution in [0.2, 0.25) is 0 Å². The number of aliphatic carboxylic acids is 1. The Morgan fingerprint density at radius 1 is 0.850 bits per heavy atom. The molecular formula is C31H32N2O6S. The van der Waals surface area contributed by atoms with E-state index in [0.717, 1.165) is 28.6 Å². The summed E-state index contributed by atoms with van der Waals surface area (Å²) in [6, 6.07) is 30.2. The minimum Gasteiger partial charge on any atom is -0.479 e. The van der Waals surface area contributed by atoms with E-state index >= 15 is 0 Å². The molecule has 0 spiro atoms. The lowest BCUT2D eigenvalue weighted by atomic mass is 10.1. The summed E-state index contributed by atoms with van der Waals surface area (Å²) in [7, 11) is -3.42. The maximum absolute atomic E-state index is 11.9. The zero-order chi connectivity index (χ0) is 28.7. The maximum Gasteiger partial charge on any atom is 0.344 e. The molecule has 0 aliphatic carbocycles. The molecule has 0 fully saturated rings. The lowest BCUT2D eigenvalue weighted by Gasteiger charge is -2.28. The van der Waals surface area contributed by atoms with Gasteiger partial charge in [0.15, 0.2) is 6.10 Å². The van der Waals surface area contributed by atoms with E-state index in [1.54, 1.807) is 30.3 Å². The van der Waals surface area contributed by atoms with Gasteiger partial charge in [0, 0.05) is 24.8 Å². The maximum atomic E-state index is 11.9. The predicted molar refractivity (Wildman–Crippen MR) is 157 cm³/mol. The molecule has 208 valence electrons. The Balaban J connectivity index is 1.54. The van der Waals surface area contributed by atoms with Gasteiger partial charge >= 0.3 is 5.97 Å². The molecular weight excluding hydrogens is 528 g/mol. The summed E-state index contributed by atoms with van der Waals surface area (Å²) in [4.78, 5) is 13.3. The van der Waals surface area contributed by atoms with Crippen LogP contribution in [-0.4, -0.2) is 31.9 Å². The van der Waals surface area contributed by atoms with E-state index in [-0.39, 0.29) is 0 Å². The summed E-state index contributed by atoms with van der Waals surface area (Å²) in [5, 5.41) is 9.08. The zero-order valence-corrected chi connectivity index (χ0v) is 23.4. The fourth-order valence-electron chi connectivity index (χ4n) is 4.19. The normalized spacial score (nSPS) is 11.9. The quantitative estimate of drug-likeness (QED) is 0.212. The monoisotopic (exact) mass is 560 g/mol. The number of nitrogens with one attached hydrogen (secondary N) is 1. The molecule has 0 aliphatic heterocycles. The van der Waals surface area contributed by atoms with E-state index in [1.807, 2.05) is 61.5 Å². The van der Waals surface area contributed by atoms with Gasteiger partial charge in [0.2, 0.25) is 10.0 Å². The number of hydrogen-bond acceptors (Lipinski definition) is 6. The third-order valence-electron chi connectivity index (χ3n) is 6.16. The van der Waals surface area contributed by atoms with Crippen LogP contribution >= 0.6 is 0 Å². The summed E-state index contributed by atoms with van der Waals surface area (Å²) in [6.45, 7) is 4.58. The molecule has 2 N–H and O–H groups in total. The van der Waals surface area contributed by atoms with Crippen molar-refractivity contribution in [3.63, 3.8) is 0 Å². The first-order valence-electron chi connectivity index (χ1n) is 12.7. The number of anilines is 2. The van der Waals surface area contributed by atoms with Crippen LogP contribution in [0.1, 0.15) is 23.6 Å². The molecule has 40 heavy (non-hydrogen) atoms. The van der Waals surface area contributed by atoms with Crippen molar-refractivity contribution in [2.24, 2.45) is 0 Å². The SMILES string of the molecule is Cc1c(NS(C)(=O)=O)cccc1N(Cc1ccccc1)Cc1ccc(Oc2cccc(OC(C)C(=O)O)c2)cc1. The number of hydrogen-bond donors (Lipinski definition) is 2. The molecule has 0 amide bonds. The number of ether oxygens (including phenoxy) is 2. The Labute approximate surface area is 234 Å². The molecule has 1 atom stereocenters. The van der Waals surface area contributed by atoms with E-state index in [0.29, 0.717) is 36.0 Å². The van der Waals surface area contributed by atoms with E-state index in [4.69, 9.17) is 14.6 Å². The van der Waals surface area contributed by atoms with Crippen molar-refractivity contribution in [1.29, 1.82) is 0 Å². The Morgan fingerprint density at radius 2 is 1.48 bits per heavy atom. The highest BCUT2D eigenvalue weighted by molar-refractivity contribution is 7.92. The number of sulfonamides is 1. The molecule has 0 saturated carbocycles. The summed E-state index contributed by atoms with van der Waals surface area (Å²) < 4.78 is 37.8. The molecule has 0 saturated heterocycles. The molecule has 4 aromatic carbocycles. The molecule has 1 unspecified atom stereocenters. The average molecular weight is 561 g/mol. The highest BCUT2D eigenvalue weighted by Gasteiger charge is 2.16. The largest absolute Gasteiger partial charge is 0.479 e. The molecule has 0 aromatic heterocycles. The second-order valence-electron chi connectivity index (χ2n) is 9.48. The van der Waals surface area contributed by atoms with E-state index in [9.17, 15) is 13.2 Å². The molecule has 4 aromatic rings. The van der Waals surface area contributed by atoms with Crippen molar-refractivity contribution in [2.75, 3.05) is 15.9 Å². The predicted octanol–water partition coefficient (Wildman–Crippen LogP) is 6.22. The van der Waals surface area contributed by atoms with Crippen molar-refractivity contribution >= 4 is 27.4 Å². The summed E-state index contributed by atoms with van der Waals surface area (Å²) >= 11 is 0. The average Bonchev–Trinajstić information content (AvgIpc) is 2.91. The van der Waals surface area contributed by atoms with Crippen LogP contribution in [0.4, 0.5) is 11.4 Å². The lowest BCUT2D eigenvalue weighted by molar-refractivity contribution is -0.144. The molecule has 0 radical (unpaired) electrons. The first-order valence-corrected chi connectivity index (χ1v) is 14.6. The first-order chi connectivity index (χ1) is 19.1. The van der Waals surface area contributed by atoms with Gasteiger partial charge in [0.05, 0.1) is 11.9 Å². The number of carboxylic acid groups (broad SMARTS) is 1. The lowest BCUT2D eigenvalue weighted by Crippen LogP contribution is -2.23. The highest BCUT2D eigenvalue weighted by atomic mass is 32.2. The minimum atomic E-state index is -3.42. The third kappa shape index (κ3) is 8.00. The van der Waals surface area contributed by atoms with Crippen molar-refractivity contribution in [2.45, 2.75) is 33.0 Å². The van der Waals surface area contributed by atoms with Gasteiger partial charge in [-0.25, -0.2) is 13.2 Å². The Morgan fingerprint density at radius 3 is 2.12 bits per heavy atom. The van der Waals surface area contributed by atoms with Crippen LogP contribution < -0.4 is 19.1 Å². The van der Waals surface area contributed by atoms with Gasteiger partial charge in [-0.05, 0) is 66.9 Å². The fraction of sp³-hybridized carbons (Fsp3) is 0.194. The fourth-order valence-corrected chi connectivity index (χ4v) is 4.81. The Kier molecular flexibility index (Phi) is 8.96. The van der Waals surface area contributed by atoms with Crippen LogP contribution in [0.5, 0.6) is 17.2 Å². The van der Waals surface area contributed by atoms with Crippen LogP contribution in [0.3, 0.4) is 0 Å². The first kappa shape index (κ1) is 28.5. The van der Waals surface area contributed by atoms with E-state index < -0.39 is 22.1 Å². The number of carbonyl (C=O) groups is 1. The molecule has 4 rings (SSSR count). The van der Waals surface area contributed by atoms with Gasteiger partial charge in [-0.1, -0.05) is 54.6 Å². The number of nitrogens with zero attached hydrogens (tertiary/aromatic N) is 1. The molecule has 0 bridgehead atoms. The van der Waals surface area contributed by atoms with Crippen LogP contribution in [0.15, 0.2) is 97.1 Å². The Hall–Kier alpha value is -4.50. The highest BCUT2D eigenvalue weighted by Crippen LogP contribution is 2.31. The van der Waals surface area contributed by atoms with Gasteiger partial charge in [-0.15, -0.1) is 0 Å². The summed E-state index contributed by atoms with van der Waals surface area (Å²) in [6.07, 6.45) is 0.171.